The number of nitrogens with zero attached hydrogens (tertiary/aromatic N) is 1. The van der Waals surface area contributed by atoms with Crippen molar-refractivity contribution in [3.63, 3.8) is 0 Å². The van der Waals surface area contributed by atoms with Crippen molar-refractivity contribution in [2.75, 3.05) is 13.6 Å². The first-order valence-electron chi connectivity index (χ1n) is 4.18. The van der Waals surface area contributed by atoms with E-state index in [1.54, 1.807) is 0 Å². The fourth-order valence-electron chi connectivity index (χ4n) is 1.10. The van der Waals surface area contributed by atoms with Gasteiger partial charge in [-0.2, -0.15) is 0 Å². The second-order valence-electron chi connectivity index (χ2n) is 2.87. The molecule has 0 saturated carbocycles. The van der Waals surface area contributed by atoms with Gasteiger partial charge in [-0.3, -0.25) is 14.9 Å². The van der Waals surface area contributed by atoms with Gasteiger partial charge in [0.05, 0.1) is 17.0 Å². The second-order valence-corrected chi connectivity index (χ2v) is 2.87. The summed E-state index contributed by atoms with van der Waals surface area (Å²) in [5.74, 6) is -1.26. The first-order valence-corrected chi connectivity index (χ1v) is 4.18. The number of carbonyl (C=O) groups is 1. The van der Waals surface area contributed by atoms with E-state index in [0.717, 1.165) is 18.2 Å². The van der Waals surface area contributed by atoms with Gasteiger partial charge >= 0.3 is 0 Å². The summed E-state index contributed by atoms with van der Waals surface area (Å²) in [5.41, 5.74) is -0.561. The molecule has 5 nitrogen and oxygen atoms in total. The van der Waals surface area contributed by atoms with E-state index in [2.05, 4.69) is 5.32 Å². The Morgan fingerprint density at radius 1 is 1.60 bits per heavy atom. The highest BCUT2D eigenvalue weighted by Gasteiger charge is 2.15. The lowest BCUT2D eigenvalue weighted by atomic mass is 10.1. The summed E-state index contributed by atoms with van der Waals surface area (Å²) in [6.45, 7) is -0.0575. The van der Waals surface area contributed by atoms with E-state index in [0.29, 0.717) is 0 Å². The zero-order valence-corrected chi connectivity index (χ0v) is 7.99. The molecule has 1 aromatic rings. The van der Waals surface area contributed by atoms with Gasteiger partial charge in [0, 0.05) is 12.1 Å². The molecule has 0 radical (unpaired) electrons. The molecule has 80 valence electrons. The van der Waals surface area contributed by atoms with Gasteiger partial charge in [-0.25, -0.2) is 4.39 Å². The molecular weight excluding hydrogens is 203 g/mol. The zero-order valence-electron chi connectivity index (χ0n) is 7.99. The van der Waals surface area contributed by atoms with E-state index in [4.69, 9.17) is 0 Å². The highest BCUT2D eigenvalue weighted by atomic mass is 19.1. The summed E-state index contributed by atoms with van der Waals surface area (Å²) >= 11 is 0. The summed E-state index contributed by atoms with van der Waals surface area (Å²) in [7, 11) is 1.53. The lowest BCUT2D eigenvalue weighted by molar-refractivity contribution is -0.384. The monoisotopic (exact) mass is 212 g/mol. The number of rotatable bonds is 4. The maximum absolute atomic E-state index is 13.1. The predicted octanol–water partition coefficient (Wildman–Crippen LogP) is 1.14. The van der Waals surface area contributed by atoms with Gasteiger partial charge in [-0.1, -0.05) is 0 Å². The number of benzene rings is 1. The Balaban J connectivity index is 3.10. The summed E-state index contributed by atoms with van der Waals surface area (Å²) < 4.78 is 13.1. The number of non-ortho nitro benzene ring substituents is 1. The van der Waals surface area contributed by atoms with Crippen LogP contribution >= 0.6 is 0 Å². The van der Waals surface area contributed by atoms with Gasteiger partial charge in [0.2, 0.25) is 0 Å². The molecule has 15 heavy (non-hydrogen) atoms. The summed E-state index contributed by atoms with van der Waals surface area (Å²) in [4.78, 5) is 21.0. The number of carbonyl (C=O) groups excluding carboxylic acids is 1. The summed E-state index contributed by atoms with van der Waals surface area (Å²) in [5, 5.41) is 13.0. The van der Waals surface area contributed by atoms with Gasteiger partial charge in [0.1, 0.15) is 5.82 Å². The highest BCUT2D eigenvalue weighted by Crippen LogP contribution is 2.16. The summed E-state index contributed by atoms with van der Waals surface area (Å²) in [6, 6.07) is 2.88. The van der Waals surface area contributed by atoms with Crippen LogP contribution in [-0.4, -0.2) is 24.3 Å². The van der Waals surface area contributed by atoms with Gasteiger partial charge in [0.25, 0.3) is 5.69 Å². The lowest BCUT2D eigenvalue weighted by Gasteiger charge is -2.01. The molecule has 0 atom stereocenters. The molecule has 0 unspecified atom stereocenters. The fraction of sp³-hybridized carbons (Fsp3) is 0.222. The third-order valence-electron chi connectivity index (χ3n) is 1.80. The average molecular weight is 212 g/mol. The molecule has 0 aliphatic carbocycles. The van der Waals surface area contributed by atoms with Crippen LogP contribution in [0.2, 0.25) is 0 Å². The smallest absolute Gasteiger partial charge is 0.270 e. The molecule has 1 N–H and O–H groups in total. The third kappa shape index (κ3) is 2.57. The third-order valence-corrected chi connectivity index (χ3v) is 1.80. The Bertz CT molecular complexity index is 406. The first kappa shape index (κ1) is 11.3. The Labute approximate surface area is 85.1 Å². The number of likely N-dealkylation sites (N-methyl/N-ethyl adjacent to an activating group) is 1. The minimum Gasteiger partial charge on any atom is -0.313 e. The fourth-order valence-corrected chi connectivity index (χ4v) is 1.10. The molecule has 0 aliphatic rings. The van der Waals surface area contributed by atoms with Crippen LogP contribution in [0, 0.1) is 15.9 Å². The minimum atomic E-state index is -0.749. The Morgan fingerprint density at radius 3 is 2.80 bits per heavy atom. The number of hydrogen-bond acceptors (Lipinski definition) is 4. The molecule has 1 rings (SSSR count). The molecule has 0 fully saturated rings. The highest BCUT2D eigenvalue weighted by molar-refractivity contribution is 5.98. The topological polar surface area (TPSA) is 72.2 Å². The number of nitrogens with one attached hydrogen (secondary N) is 1. The molecular formula is C9H9FN2O3. The molecule has 0 bridgehead atoms. The SMILES string of the molecule is CNCC(=O)c1cc([N+](=O)[O-])ccc1F. The van der Waals surface area contributed by atoms with Crippen LogP contribution in [0.1, 0.15) is 10.4 Å². The van der Waals surface area contributed by atoms with Crippen molar-refractivity contribution in [2.45, 2.75) is 0 Å². The molecule has 0 saturated heterocycles. The predicted molar refractivity (Wildman–Crippen MR) is 51.3 cm³/mol. The van der Waals surface area contributed by atoms with Crippen LogP contribution in [0.25, 0.3) is 0 Å². The number of ketones is 1. The Kier molecular flexibility index (Phi) is 3.46. The van der Waals surface area contributed by atoms with Crippen LogP contribution in [0.5, 0.6) is 0 Å². The van der Waals surface area contributed by atoms with E-state index in [-0.39, 0.29) is 17.8 Å². The van der Waals surface area contributed by atoms with Crippen LogP contribution in [0.15, 0.2) is 18.2 Å². The van der Waals surface area contributed by atoms with E-state index in [1.807, 2.05) is 0 Å². The first-order chi connectivity index (χ1) is 7.06. The standard InChI is InChI=1S/C9H9FN2O3/c1-11-5-9(13)7-4-6(12(14)15)2-3-8(7)10/h2-4,11H,5H2,1H3. The van der Waals surface area contributed by atoms with Crippen molar-refractivity contribution in [1.82, 2.24) is 5.32 Å². The number of nitro groups is 1. The maximum Gasteiger partial charge on any atom is 0.270 e. The molecule has 6 heteroatoms. The van der Waals surface area contributed by atoms with Crippen molar-refractivity contribution in [1.29, 1.82) is 0 Å². The van der Waals surface area contributed by atoms with Gasteiger partial charge < -0.3 is 5.32 Å². The molecule has 1 aromatic carbocycles. The van der Waals surface area contributed by atoms with Crippen molar-refractivity contribution >= 4 is 11.5 Å². The number of Topliss-reactive ketones (excluding diaryl/α,β-unsaturated/α-hetero) is 1. The quantitative estimate of drug-likeness (QED) is 0.461. The average Bonchev–Trinajstić information content (AvgIpc) is 2.18. The van der Waals surface area contributed by atoms with Crippen LogP contribution in [-0.2, 0) is 0 Å². The van der Waals surface area contributed by atoms with Crippen molar-refractivity contribution in [3.05, 3.63) is 39.7 Å². The van der Waals surface area contributed by atoms with Gasteiger partial charge in [-0.05, 0) is 13.1 Å². The normalized spacial score (nSPS) is 10.0. The number of nitro benzene ring substituents is 1. The number of halogens is 1. The van der Waals surface area contributed by atoms with Crippen LogP contribution in [0.4, 0.5) is 10.1 Å². The minimum absolute atomic E-state index is 0.0575. The largest absolute Gasteiger partial charge is 0.313 e. The lowest BCUT2D eigenvalue weighted by Crippen LogP contribution is -2.19. The summed E-state index contributed by atoms with van der Waals surface area (Å²) in [6.07, 6.45) is 0. The maximum atomic E-state index is 13.1. The van der Waals surface area contributed by atoms with Crippen molar-refractivity contribution in [2.24, 2.45) is 0 Å². The number of hydrogen-bond donors (Lipinski definition) is 1. The van der Waals surface area contributed by atoms with Crippen LogP contribution in [0.3, 0.4) is 0 Å². The van der Waals surface area contributed by atoms with E-state index < -0.39 is 16.5 Å². The zero-order chi connectivity index (χ0) is 11.4. The van der Waals surface area contributed by atoms with E-state index >= 15 is 0 Å². The van der Waals surface area contributed by atoms with Crippen LogP contribution < -0.4 is 5.32 Å². The Hall–Kier alpha value is -1.82. The van der Waals surface area contributed by atoms with E-state index in [1.165, 1.54) is 7.05 Å². The molecule has 0 aromatic heterocycles. The second kappa shape index (κ2) is 4.61. The van der Waals surface area contributed by atoms with Gasteiger partial charge in [-0.15, -0.1) is 0 Å². The molecule has 0 amide bonds. The molecule has 0 heterocycles. The van der Waals surface area contributed by atoms with Gasteiger partial charge in [0.15, 0.2) is 5.78 Å². The Morgan fingerprint density at radius 2 is 2.27 bits per heavy atom. The van der Waals surface area contributed by atoms with Crippen molar-refractivity contribution < 1.29 is 14.1 Å². The molecule has 0 aliphatic heterocycles. The molecule has 0 spiro atoms. The van der Waals surface area contributed by atoms with E-state index in [9.17, 15) is 19.3 Å². The van der Waals surface area contributed by atoms with Crippen molar-refractivity contribution in [3.8, 4) is 0 Å².